The van der Waals surface area contributed by atoms with Gasteiger partial charge in [0.2, 0.25) is 5.91 Å². The highest BCUT2D eigenvalue weighted by Gasteiger charge is 2.20. The molecule has 162 valence electrons. The molecule has 1 aromatic heterocycles. The molecule has 2 aromatic carbocycles. The van der Waals surface area contributed by atoms with Crippen LogP contribution in [0.4, 0.5) is 17.2 Å². The lowest BCUT2D eigenvalue weighted by Crippen LogP contribution is -2.48. The fourth-order valence-electron chi connectivity index (χ4n) is 3.19. The minimum absolute atomic E-state index is 0.0137. The number of nitro groups is 1. The van der Waals surface area contributed by atoms with Gasteiger partial charge in [0.1, 0.15) is 17.3 Å². The van der Waals surface area contributed by atoms with E-state index in [1.165, 1.54) is 24.4 Å². The van der Waals surface area contributed by atoms with Gasteiger partial charge in [0, 0.05) is 25.2 Å². The summed E-state index contributed by atoms with van der Waals surface area (Å²) in [5, 5.41) is 16.6. The number of piperazine rings is 1. The fraction of sp³-hybridized carbons (Fsp3) is 0.136. The number of aromatic nitrogens is 1. The molecule has 32 heavy (non-hydrogen) atoms. The maximum Gasteiger partial charge on any atom is 0.270 e. The maximum atomic E-state index is 12.9. The highest BCUT2D eigenvalue weighted by atomic mass is 16.6. The second kappa shape index (κ2) is 9.13. The Morgan fingerprint density at radius 1 is 1.16 bits per heavy atom. The van der Waals surface area contributed by atoms with Gasteiger partial charge in [-0.25, -0.2) is 4.98 Å². The number of carbonyl (C=O) groups is 2. The molecular formula is C22H19N5O5. The summed E-state index contributed by atoms with van der Waals surface area (Å²) in [7, 11) is 0. The van der Waals surface area contributed by atoms with E-state index in [0.29, 0.717) is 30.3 Å². The number of non-ortho nitro benzene ring substituents is 1. The van der Waals surface area contributed by atoms with Crippen LogP contribution in [0.15, 0.2) is 66.9 Å². The Bertz CT molecular complexity index is 1150. The number of anilines is 2. The quantitative estimate of drug-likeness (QED) is 0.452. The molecule has 1 fully saturated rings. The van der Waals surface area contributed by atoms with Crippen molar-refractivity contribution in [2.75, 3.05) is 29.9 Å². The molecule has 0 radical (unpaired) electrons. The van der Waals surface area contributed by atoms with Crippen molar-refractivity contribution in [3.05, 3.63) is 82.5 Å². The van der Waals surface area contributed by atoms with Gasteiger partial charge < -0.3 is 20.3 Å². The van der Waals surface area contributed by atoms with Crippen LogP contribution in [0.5, 0.6) is 11.5 Å². The van der Waals surface area contributed by atoms with Gasteiger partial charge in [-0.3, -0.25) is 19.7 Å². The van der Waals surface area contributed by atoms with Crippen LogP contribution in [0.3, 0.4) is 0 Å². The van der Waals surface area contributed by atoms with Crippen LogP contribution in [-0.4, -0.2) is 41.4 Å². The average molecular weight is 433 g/mol. The van der Waals surface area contributed by atoms with E-state index >= 15 is 0 Å². The Labute approximate surface area is 183 Å². The predicted octanol–water partition coefficient (Wildman–Crippen LogP) is 2.97. The van der Waals surface area contributed by atoms with Gasteiger partial charge in [-0.2, -0.15) is 0 Å². The molecule has 3 aromatic rings. The molecule has 1 aliphatic rings. The van der Waals surface area contributed by atoms with Crippen LogP contribution in [0.25, 0.3) is 0 Å². The number of para-hydroxylation sites is 1. The Morgan fingerprint density at radius 3 is 2.66 bits per heavy atom. The summed E-state index contributed by atoms with van der Waals surface area (Å²) in [6, 6.07) is 16.0. The lowest BCUT2D eigenvalue weighted by atomic mass is 10.1. The van der Waals surface area contributed by atoms with Gasteiger partial charge in [0.15, 0.2) is 0 Å². The van der Waals surface area contributed by atoms with Crippen LogP contribution in [0.1, 0.15) is 10.4 Å². The minimum Gasteiger partial charge on any atom is -0.457 e. The van der Waals surface area contributed by atoms with Crippen LogP contribution >= 0.6 is 0 Å². The molecule has 0 atom stereocenters. The standard InChI is InChI=1S/C22H19N5O5/c28-21-14-26(11-10-23-21)20-9-6-15(13-24-20)25-22(29)18-12-16(27(30)31)7-8-19(18)32-17-4-2-1-3-5-17/h1-9,12-13H,10-11,14H2,(H,23,28)(H,25,29). The number of nitrogens with one attached hydrogen (secondary N) is 2. The summed E-state index contributed by atoms with van der Waals surface area (Å²) < 4.78 is 5.77. The molecule has 2 heterocycles. The van der Waals surface area contributed by atoms with Gasteiger partial charge in [-0.1, -0.05) is 18.2 Å². The van der Waals surface area contributed by atoms with Crippen molar-refractivity contribution >= 4 is 29.0 Å². The summed E-state index contributed by atoms with van der Waals surface area (Å²) in [6.45, 7) is 1.39. The van der Waals surface area contributed by atoms with Crippen molar-refractivity contribution in [1.82, 2.24) is 10.3 Å². The number of ether oxygens (including phenoxy) is 1. The average Bonchev–Trinajstić information content (AvgIpc) is 2.80. The zero-order valence-electron chi connectivity index (χ0n) is 16.9. The molecule has 1 aliphatic heterocycles. The van der Waals surface area contributed by atoms with Gasteiger partial charge in [0.25, 0.3) is 11.6 Å². The Morgan fingerprint density at radius 2 is 1.97 bits per heavy atom. The van der Waals surface area contributed by atoms with E-state index in [9.17, 15) is 19.7 Å². The molecule has 10 heteroatoms. The first-order chi connectivity index (χ1) is 15.5. The number of amides is 2. The van der Waals surface area contributed by atoms with Crippen molar-refractivity contribution in [2.24, 2.45) is 0 Å². The molecule has 2 N–H and O–H groups in total. The lowest BCUT2D eigenvalue weighted by Gasteiger charge is -2.27. The zero-order valence-corrected chi connectivity index (χ0v) is 16.9. The van der Waals surface area contributed by atoms with Crippen LogP contribution in [0, 0.1) is 10.1 Å². The monoisotopic (exact) mass is 433 g/mol. The second-order valence-corrected chi connectivity index (χ2v) is 6.98. The van der Waals surface area contributed by atoms with Crippen molar-refractivity contribution in [3.63, 3.8) is 0 Å². The molecule has 2 amide bonds. The van der Waals surface area contributed by atoms with E-state index in [2.05, 4.69) is 15.6 Å². The normalized spacial score (nSPS) is 13.2. The van der Waals surface area contributed by atoms with Crippen molar-refractivity contribution < 1.29 is 19.2 Å². The highest BCUT2D eigenvalue weighted by Crippen LogP contribution is 2.29. The molecule has 0 bridgehead atoms. The minimum atomic E-state index is -0.577. The number of nitrogens with zero attached hydrogens (tertiary/aromatic N) is 3. The summed E-state index contributed by atoms with van der Waals surface area (Å²) in [5.41, 5.74) is 0.185. The smallest absolute Gasteiger partial charge is 0.270 e. The third-order valence-corrected chi connectivity index (χ3v) is 4.76. The predicted molar refractivity (Wildman–Crippen MR) is 117 cm³/mol. The number of rotatable bonds is 6. The third-order valence-electron chi connectivity index (χ3n) is 4.76. The first-order valence-corrected chi connectivity index (χ1v) is 9.80. The van der Waals surface area contributed by atoms with E-state index in [-0.39, 0.29) is 29.5 Å². The van der Waals surface area contributed by atoms with Gasteiger partial charge in [0.05, 0.1) is 28.9 Å². The van der Waals surface area contributed by atoms with E-state index in [1.54, 1.807) is 36.4 Å². The van der Waals surface area contributed by atoms with Crippen molar-refractivity contribution in [1.29, 1.82) is 0 Å². The number of carbonyl (C=O) groups excluding carboxylic acids is 2. The number of hydrogen-bond acceptors (Lipinski definition) is 7. The Kier molecular flexibility index (Phi) is 5.93. The summed E-state index contributed by atoms with van der Waals surface area (Å²) in [5.74, 6) is 0.634. The summed E-state index contributed by atoms with van der Waals surface area (Å²) in [6.07, 6.45) is 1.47. The number of pyridine rings is 1. The fourth-order valence-corrected chi connectivity index (χ4v) is 3.19. The largest absolute Gasteiger partial charge is 0.457 e. The highest BCUT2D eigenvalue weighted by molar-refractivity contribution is 6.06. The molecule has 4 rings (SSSR count). The number of nitro benzene ring substituents is 1. The van der Waals surface area contributed by atoms with Crippen molar-refractivity contribution in [3.8, 4) is 11.5 Å². The Balaban J connectivity index is 1.54. The molecule has 0 unspecified atom stereocenters. The molecule has 1 saturated heterocycles. The van der Waals surface area contributed by atoms with Crippen LogP contribution < -0.4 is 20.3 Å². The van der Waals surface area contributed by atoms with Gasteiger partial charge in [-0.05, 0) is 30.3 Å². The van der Waals surface area contributed by atoms with Crippen molar-refractivity contribution in [2.45, 2.75) is 0 Å². The first-order valence-electron chi connectivity index (χ1n) is 9.80. The molecule has 0 aliphatic carbocycles. The van der Waals surface area contributed by atoms with Crippen LogP contribution in [0.2, 0.25) is 0 Å². The van der Waals surface area contributed by atoms with E-state index in [4.69, 9.17) is 4.74 Å². The van der Waals surface area contributed by atoms with E-state index < -0.39 is 10.8 Å². The third kappa shape index (κ3) is 4.81. The summed E-state index contributed by atoms with van der Waals surface area (Å²) in [4.78, 5) is 41.3. The molecule has 0 spiro atoms. The second-order valence-electron chi connectivity index (χ2n) is 6.98. The number of hydrogen-bond donors (Lipinski definition) is 2. The zero-order chi connectivity index (χ0) is 22.5. The van der Waals surface area contributed by atoms with Gasteiger partial charge in [-0.15, -0.1) is 0 Å². The van der Waals surface area contributed by atoms with E-state index in [0.717, 1.165) is 0 Å². The number of benzene rings is 2. The molecule has 0 saturated carbocycles. The van der Waals surface area contributed by atoms with E-state index in [1.807, 2.05) is 11.0 Å². The SMILES string of the molecule is O=C1CN(c2ccc(NC(=O)c3cc([N+](=O)[O-])ccc3Oc3ccccc3)cn2)CCN1. The summed E-state index contributed by atoms with van der Waals surface area (Å²) >= 11 is 0. The topological polar surface area (TPSA) is 127 Å². The molecular weight excluding hydrogens is 414 g/mol. The van der Waals surface area contributed by atoms with Gasteiger partial charge >= 0.3 is 0 Å². The first kappa shape index (κ1) is 20.8. The molecule has 10 nitrogen and oxygen atoms in total. The maximum absolute atomic E-state index is 12.9. The Hall–Kier alpha value is -4.47. The van der Waals surface area contributed by atoms with Crippen LogP contribution in [-0.2, 0) is 4.79 Å². The lowest BCUT2D eigenvalue weighted by molar-refractivity contribution is -0.384.